The lowest BCUT2D eigenvalue weighted by atomic mass is 9.84. The zero-order chi connectivity index (χ0) is 10.6. The summed E-state index contributed by atoms with van der Waals surface area (Å²) in [5.74, 6) is 0.966. The summed E-state index contributed by atoms with van der Waals surface area (Å²) < 4.78 is 0. The number of rotatable bonds is 3. The topological polar surface area (TPSA) is 27.0 Å². The van der Waals surface area contributed by atoms with E-state index in [4.69, 9.17) is 5.26 Å². The summed E-state index contributed by atoms with van der Waals surface area (Å²) in [6, 6.07) is 2.98. The SMILES string of the molecule is CC(C)CN(C)C1CCCCC1C#N. The van der Waals surface area contributed by atoms with E-state index in [2.05, 4.69) is 31.9 Å². The molecule has 2 unspecified atom stereocenters. The molecular weight excluding hydrogens is 172 g/mol. The van der Waals surface area contributed by atoms with Gasteiger partial charge in [-0.1, -0.05) is 26.7 Å². The molecule has 0 aromatic carbocycles. The first-order valence-electron chi connectivity index (χ1n) is 5.75. The van der Waals surface area contributed by atoms with Gasteiger partial charge in [0.05, 0.1) is 12.0 Å². The molecule has 2 atom stereocenters. The van der Waals surface area contributed by atoms with Crippen LogP contribution in [0.15, 0.2) is 0 Å². The van der Waals surface area contributed by atoms with E-state index in [0.717, 1.165) is 13.0 Å². The van der Waals surface area contributed by atoms with Gasteiger partial charge in [-0.15, -0.1) is 0 Å². The largest absolute Gasteiger partial charge is 0.302 e. The summed E-state index contributed by atoms with van der Waals surface area (Å²) in [4.78, 5) is 2.39. The van der Waals surface area contributed by atoms with Crippen LogP contribution < -0.4 is 0 Å². The Morgan fingerprint density at radius 3 is 2.57 bits per heavy atom. The van der Waals surface area contributed by atoms with Crippen molar-refractivity contribution in [1.29, 1.82) is 5.26 Å². The van der Waals surface area contributed by atoms with E-state index in [9.17, 15) is 0 Å². The number of nitrogens with zero attached hydrogens (tertiary/aromatic N) is 2. The minimum absolute atomic E-state index is 0.271. The van der Waals surface area contributed by atoms with Crippen molar-refractivity contribution in [2.24, 2.45) is 11.8 Å². The van der Waals surface area contributed by atoms with Crippen molar-refractivity contribution in [3.63, 3.8) is 0 Å². The Morgan fingerprint density at radius 2 is 2.00 bits per heavy atom. The van der Waals surface area contributed by atoms with E-state index < -0.39 is 0 Å². The Hall–Kier alpha value is -0.550. The van der Waals surface area contributed by atoms with Crippen molar-refractivity contribution in [1.82, 2.24) is 4.90 Å². The average molecular weight is 194 g/mol. The van der Waals surface area contributed by atoms with Crippen LogP contribution in [0, 0.1) is 23.2 Å². The van der Waals surface area contributed by atoms with Crippen molar-refractivity contribution >= 4 is 0 Å². The van der Waals surface area contributed by atoms with Gasteiger partial charge < -0.3 is 4.90 Å². The smallest absolute Gasteiger partial charge is 0.0672 e. The number of hydrogen-bond donors (Lipinski definition) is 0. The summed E-state index contributed by atoms with van der Waals surface area (Å²) in [7, 11) is 2.17. The molecule has 14 heavy (non-hydrogen) atoms. The van der Waals surface area contributed by atoms with E-state index >= 15 is 0 Å². The molecule has 0 radical (unpaired) electrons. The molecule has 1 saturated carbocycles. The molecule has 1 rings (SSSR count). The van der Waals surface area contributed by atoms with E-state index in [0.29, 0.717) is 12.0 Å². The molecule has 2 nitrogen and oxygen atoms in total. The Labute approximate surface area is 87.9 Å². The van der Waals surface area contributed by atoms with Gasteiger partial charge in [-0.3, -0.25) is 0 Å². The van der Waals surface area contributed by atoms with Gasteiger partial charge in [0.1, 0.15) is 0 Å². The fourth-order valence-corrected chi connectivity index (χ4v) is 2.50. The van der Waals surface area contributed by atoms with E-state index in [1.165, 1.54) is 19.3 Å². The third kappa shape index (κ3) is 2.99. The van der Waals surface area contributed by atoms with Crippen molar-refractivity contribution in [3.8, 4) is 6.07 Å². The van der Waals surface area contributed by atoms with Crippen molar-refractivity contribution < 1.29 is 0 Å². The lowest BCUT2D eigenvalue weighted by Gasteiger charge is -2.35. The number of nitriles is 1. The normalized spacial score (nSPS) is 28.0. The van der Waals surface area contributed by atoms with E-state index in [1.807, 2.05) is 0 Å². The van der Waals surface area contributed by atoms with Crippen LogP contribution >= 0.6 is 0 Å². The molecule has 2 heteroatoms. The molecule has 0 heterocycles. The van der Waals surface area contributed by atoms with Crippen LogP contribution in [-0.2, 0) is 0 Å². The van der Waals surface area contributed by atoms with Crippen molar-refractivity contribution in [3.05, 3.63) is 0 Å². The van der Waals surface area contributed by atoms with Gasteiger partial charge in [0.2, 0.25) is 0 Å². The minimum atomic E-state index is 0.271. The lowest BCUT2D eigenvalue weighted by Crippen LogP contribution is -2.41. The highest BCUT2D eigenvalue weighted by atomic mass is 15.1. The van der Waals surface area contributed by atoms with Gasteiger partial charge in [0, 0.05) is 12.6 Å². The molecule has 80 valence electrons. The summed E-state index contributed by atoms with van der Waals surface area (Å²) >= 11 is 0. The van der Waals surface area contributed by atoms with Crippen LogP contribution in [0.25, 0.3) is 0 Å². The predicted octanol–water partition coefficient (Wildman–Crippen LogP) is 2.66. The quantitative estimate of drug-likeness (QED) is 0.690. The first kappa shape index (κ1) is 11.5. The van der Waals surface area contributed by atoms with Crippen LogP contribution in [0.1, 0.15) is 39.5 Å². The molecule has 0 amide bonds. The molecule has 0 aromatic rings. The van der Waals surface area contributed by atoms with Gasteiger partial charge in [-0.2, -0.15) is 5.26 Å². The van der Waals surface area contributed by atoms with Gasteiger partial charge in [0.25, 0.3) is 0 Å². The highest BCUT2D eigenvalue weighted by molar-refractivity contribution is 4.95. The molecule has 0 bridgehead atoms. The monoisotopic (exact) mass is 194 g/mol. The molecule has 1 aliphatic carbocycles. The first-order valence-corrected chi connectivity index (χ1v) is 5.75. The molecule has 0 spiro atoms. The summed E-state index contributed by atoms with van der Waals surface area (Å²) in [5, 5.41) is 9.07. The Balaban J connectivity index is 2.51. The van der Waals surface area contributed by atoms with Crippen LogP contribution in [-0.4, -0.2) is 24.5 Å². The zero-order valence-corrected chi connectivity index (χ0v) is 9.66. The van der Waals surface area contributed by atoms with Gasteiger partial charge in [0.15, 0.2) is 0 Å². The molecule has 1 aliphatic rings. The second-order valence-electron chi connectivity index (χ2n) is 4.92. The molecule has 0 aromatic heterocycles. The lowest BCUT2D eigenvalue weighted by molar-refractivity contribution is 0.143. The van der Waals surface area contributed by atoms with Gasteiger partial charge >= 0.3 is 0 Å². The summed E-state index contributed by atoms with van der Waals surface area (Å²) in [5.41, 5.74) is 0. The fourth-order valence-electron chi connectivity index (χ4n) is 2.50. The molecule has 1 fully saturated rings. The Morgan fingerprint density at radius 1 is 1.36 bits per heavy atom. The highest BCUT2D eigenvalue weighted by Crippen LogP contribution is 2.27. The second kappa shape index (κ2) is 5.36. The van der Waals surface area contributed by atoms with Crippen LogP contribution in [0.3, 0.4) is 0 Å². The number of hydrogen-bond acceptors (Lipinski definition) is 2. The summed E-state index contributed by atoms with van der Waals surface area (Å²) in [6.07, 6.45) is 4.85. The first-order chi connectivity index (χ1) is 6.65. The third-order valence-corrected chi connectivity index (χ3v) is 3.11. The third-order valence-electron chi connectivity index (χ3n) is 3.11. The Kier molecular flexibility index (Phi) is 4.41. The van der Waals surface area contributed by atoms with Crippen LogP contribution in [0.4, 0.5) is 0 Å². The van der Waals surface area contributed by atoms with E-state index in [1.54, 1.807) is 0 Å². The van der Waals surface area contributed by atoms with Gasteiger partial charge in [-0.25, -0.2) is 0 Å². The summed E-state index contributed by atoms with van der Waals surface area (Å²) in [6.45, 7) is 5.59. The maximum atomic E-state index is 9.07. The predicted molar refractivity (Wildman–Crippen MR) is 58.8 cm³/mol. The minimum Gasteiger partial charge on any atom is -0.302 e. The van der Waals surface area contributed by atoms with Crippen molar-refractivity contribution in [2.75, 3.05) is 13.6 Å². The van der Waals surface area contributed by atoms with Gasteiger partial charge in [-0.05, 0) is 25.8 Å². The maximum Gasteiger partial charge on any atom is 0.0672 e. The van der Waals surface area contributed by atoms with E-state index in [-0.39, 0.29) is 5.92 Å². The van der Waals surface area contributed by atoms with Crippen LogP contribution in [0.5, 0.6) is 0 Å². The molecular formula is C12H22N2. The average Bonchev–Trinajstić information content (AvgIpc) is 2.16. The van der Waals surface area contributed by atoms with Crippen molar-refractivity contribution in [2.45, 2.75) is 45.6 Å². The second-order valence-corrected chi connectivity index (χ2v) is 4.92. The fraction of sp³-hybridized carbons (Fsp3) is 0.917. The zero-order valence-electron chi connectivity index (χ0n) is 9.66. The maximum absolute atomic E-state index is 9.07. The Bertz CT molecular complexity index is 205. The molecule has 0 N–H and O–H groups in total. The molecule has 0 saturated heterocycles. The molecule has 0 aliphatic heterocycles. The standard InChI is InChI=1S/C12H22N2/c1-10(2)9-14(3)12-7-5-4-6-11(12)8-13/h10-12H,4-7,9H2,1-3H3. The van der Waals surface area contributed by atoms with Crippen LogP contribution in [0.2, 0.25) is 0 Å². The highest BCUT2D eigenvalue weighted by Gasteiger charge is 2.28.